The third-order valence-corrected chi connectivity index (χ3v) is 3.64. The highest BCUT2D eigenvalue weighted by Crippen LogP contribution is 2.21. The minimum atomic E-state index is -0.449. The van der Waals surface area contributed by atoms with Crippen LogP contribution in [-0.4, -0.2) is 16.0 Å². The number of aryl methyl sites for hydroxylation is 1. The molecule has 1 aromatic heterocycles. The summed E-state index contributed by atoms with van der Waals surface area (Å²) < 4.78 is 0. The summed E-state index contributed by atoms with van der Waals surface area (Å²) in [7, 11) is 0. The highest BCUT2D eigenvalue weighted by atomic mass is 16.3. The van der Waals surface area contributed by atoms with Crippen LogP contribution in [0.4, 0.5) is 5.69 Å². The molecule has 0 unspecified atom stereocenters. The standard InChI is InChI=1S/C19H16N2O3/c1-12-5-4-6-13(9-12)16-10-14(11-20-18(16)23)21-19(24)15-7-2-3-8-17(15)22/h2-11,22H,1H3,(H,20,23)(H,21,24). The average Bonchev–Trinajstić information content (AvgIpc) is 2.57. The van der Waals surface area contributed by atoms with Crippen molar-refractivity contribution in [2.24, 2.45) is 0 Å². The number of phenols is 1. The molecule has 0 radical (unpaired) electrons. The topological polar surface area (TPSA) is 82.2 Å². The molecule has 24 heavy (non-hydrogen) atoms. The van der Waals surface area contributed by atoms with Crippen LogP contribution in [0.3, 0.4) is 0 Å². The number of rotatable bonds is 3. The van der Waals surface area contributed by atoms with Crippen molar-refractivity contribution in [3.05, 3.63) is 82.3 Å². The van der Waals surface area contributed by atoms with Gasteiger partial charge in [0, 0.05) is 11.8 Å². The first kappa shape index (κ1) is 15.6. The maximum absolute atomic E-state index is 12.3. The second-order valence-electron chi connectivity index (χ2n) is 5.47. The third kappa shape index (κ3) is 3.20. The largest absolute Gasteiger partial charge is 0.507 e. The molecule has 3 aromatic rings. The number of aromatic nitrogens is 1. The van der Waals surface area contributed by atoms with Crippen molar-refractivity contribution in [3.63, 3.8) is 0 Å². The number of hydrogen-bond donors (Lipinski definition) is 3. The van der Waals surface area contributed by atoms with Gasteiger partial charge in [-0.1, -0.05) is 42.0 Å². The van der Waals surface area contributed by atoms with Crippen LogP contribution in [0.2, 0.25) is 0 Å². The molecular weight excluding hydrogens is 304 g/mol. The maximum atomic E-state index is 12.3. The number of amides is 1. The van der Waals surface area contributed by atoms with Crippen molar-refractivity contribution in [2.45, 2.75) is 6.92 Å². The van der Waals surface area contributed by atoms with Crippen LogP contribution in [0.5, 0.6) is 5.75 Å². The van der Waals surface area contributed by atoms with Gasteiger partial charge >= 0.3 is 0 Å². The van der Waals surface area contributed by atoms with E-state index < -0.39 is 5.91 Å². The van der Waals surface area contributed by atoms with E-state index in [9.17, 15) is 14.7 Å². The molecule has 0 aliphatic carbocycles. The SMILES string of the molecule is Cc1cccc(-c2cc(NC(=O)c3ccccc3O)c[nH]c2=O)c1. The Labute approximate surface area is 138 Å². The normalized spacial score (nSPS) is 10.4. The number of phenolic OH excluding ortho intramolecular Hbond substituents is 1. The van der Waals surface area contributed by atoms with Gasteiger partial charge in [0.1, 0.15) is 5.75 Å². The lowest BCUT2D eigenvalue weighted by molar-refractivity contribution is 0.102. The molecule has 0 saturated carbocycles. The summed E-state index contributed by atoms with van der Waals surface area (Å²) in [4.78, 5) is 27.0. The van der Waals surface area contributed by atoms with Gasteiger partial charge in [0.2, 0.25) is 0 Å². The van der Waals surface area contributed by atoms with E-state index in [0.29, 0.717) is 11.3 Å². The summed E-state index contributed by atoms with van der Waals surface area (Å²) in [5.41, 5.74) is 2.65. The lowest BCUT2D eigenvalue weighted by atomic mass is 10.0. The predicted molar refractivity (Wildman–Crippen MR) is 93.3 cm³/mol. The Morgan fingerprint density at radius 2 is 1.88 bits per heavy atom. The maximum Gasteiger partial charge on any atom is 0.259 e. The van der Waals surface area contributed by atoms with Crippen LogP contribution in [0, 0.1) is 6.92 Å². The summed E-state index contributed by atoms with van der Waals surface area (Å²) in [5.74, 6) is -0.548. The molecule has 0 atom stereocenters. The Kier molecular flexibility index (Phi) is 4.16. The molecule has 0 spiro atoms. The van der Waals surface area contributed by atoms with Gasteiger partial charge in [-0.05, 0) is 30.7 Å². The molecule has 0 saturated heterocycles. The molecule has 5 heteroatoms. The van der Waals surface area contributed by atoms with Gasteiger partial charge in [-0.3, -0.25) is 9.59 Å². The molecule has 0 aliphatic heterocycles. The second-order valence-corrected chi connectivity index (χ2v) is 5.47. The van der Waals surface area contributed by atoms with E-state index in [1.54, 1.807) is 18.2 Å². The van der Waals surface area contributed by atoms with Gasteiger partial charge in [0.25, 0.3) is 11.5 Å². The summed E-state index contributed by atoms with van der Waals surface area (Å²) in [6.07, 6.45) is 1.43. The van der Waals surface area contributed by atoms with Crippen molar-refractivity contribution in [2.75, 3.05) is 5.32 Å². The molecular formula is C19H16N2O3. The van der Waals surface area contributed by atoms with Crippen molar-refractivity contribution >= 4 is 11.6 Å². The van der Waals surface area contributed by atoms with E-state index in [1.807, 2.05) is 31.2 Å². The fourth-order valence-corrected chi connectivity index (χ4v) is 2.45. The number of aromatic hydroxyl groups is 1. The number of pyridine rings is 1. The van der Waals surface area contributed by atoms with Gasteiger partial charge in [0.15, 0.2) is 0 Å². The van der Waals surface area contributed by atoms with Crippen LogP contribution in [-0.2, 0) is 0 Å². The third-order valence-electron chi connectivity index (χ3n) is 3.64. The number of para-hydroxylation sites is 1. The summed E-state index contributed by atoms with van der Waals surface area (Å²) >= 11 is 0. The first-order valence-corrected chi connectivity index (χ1v) is 7.44. The van der Waals surface area contributed by atoms with Gasteiger partial charge in [-0.15, -0.1) is 0 Å². The first-order chi connectivity index (χ1) is 11.5. The average molecular weight is 320 g/mol. The van der Waals surface area contributed by atoms with E-state index in [1.165, 1.54) is 18.3 Å². The molecule has 0 aliphatic rings. The molecule has 2 aromatic carbocycles. The Hall–Kier alpha value is -3.34. The highest BCUT2D eigenvalue weighted by Gasteiger charge is 2.12. The van der Waals surface area contributed by atoms with Gasteiger partial charge in [-0.25, -0.2) is 0 Å². The monoisotopic (exact) mass is 320 g/mol. The number of carbonyl (C=O) groups excluding carboxylic acids is 1. The van der Waals surface area contributed by atoms with Gasteiger partial charge < -0.3 is 15.4 Å². The quantitative estimate of drug-likeness (QED) is 0.692. The number of H-pyrrole nitrogens is 1. The number of anilines is 1. The molecule has 1 heterocycles. The minimum absolute atomic E-state index is 0.0988. The lowest BCUT2D eigenvalue weighted by Gasteiger charge is -2.08. The molecule has 0 fully saturated rings. The van der Waals surface area contributed by atoms with E-state index in [4.69, 9.17) is 0 Å². The number of aromatic amines is 1. The first-order valence-electron chi connectivity index (χ1n) is 7.44. The molecule has 3 N–H and O–H groups in total. The Balaban J connectivity index is 1.93. The van der Waals surface area contributed by atoms with E-state index in [2.05, 4.69) is 10.3 Å². The Morgan fingerprint density at radius 3 is 2.62 bits per heavy atom. The number of benzene rings is 2. The lowest BCUT2D eigenvalue weighted by Crippen LogP contribution is -2.15. The zero-order valence-electron chi connectivity index (χ0n) is 13.0. The van der Waals surface area contributed by atoms with Crippen molar-refractivity contribution < 1.29 is 9.90 Å². The minimum Gasteiger partial charge on any atom is -0.507 e. The molecule has 1 amide bonds. The second kappa shape index (κ2) is 6.42. The molecule has 120 valence electrons. The van der Waals surface area contributed by atoms with Crippen LogP contribution < -0.4 is 10.9 Å². The number of nitrogens with one attached hydrogen (secondary N) is 2. The van der Waals surface area contributed by atoms with Crippen molar-refractivity contribution in [1.82, 2.24) is 4.98 Å². The molecule has 5 nitrogen and oxygen atoms in total. The zero-order valence-corrected chi connectivity index (χ0v) is 13.0. The number of hydrogen-bond acceptors (Lipinski definition) is 3. The van der Waals surface area contributed by atoms with Gasteiger partial charge in [0.05, 0.1) is 11.3 Å². The smallest absolute Gasteiger partial charge is 0.259 e. The van der Waals surface area contributed by atoms with E-state index in [0.717, 1.165) is 11.1 Å². The number of carbonyl (C=O) groups is 1. The summed E-state index contributed by atoms with van der Waals surface area (Å²) in [6, 6.07) is 15.5. The van der Waals surface area contributed by atoms with E-state index >= 15 is 0 Å². The van der Waals surface area contributed by atoms with Crippen molar-refractivity contribution in [3.8, 4) is 16.9 Å². The zero-order chi connectivity index (χ0) is 17.1. The Morgan fingerprint density at radius 1 is 1.08 bits per heavy atom. The predicted octanol–water partition coefficient (Wildman–Crippen LogP) is 3.31. The summed E-state index contributed by atoms with van der Waals surface area (Å²) in [5, 5.41) is 12.4. The Bertz CT molecular complexity index is 961. The van der Waals surface area contributed by atoms with Gasteiger partial charge in [-0.2, -0.15) is 0 Å². The fraction of sp³-hybridized carbons (Fsp3) is 0.0526. The van der Waals surface area contributed by atoms with E-state index in [-0.39, 0.29) is 16.9 Å². The molecule has 0 bridgehead atoms. The fourth-order valence-electron chi connectivity index (χ4n) is 2.45. The highest BCUT2D eigenvalue weighted by molar-refractivity contribution is 6.06. The van der Waals surface area contributed by atoms with Crippen LogP contribution in [0.25, 0.3) is 11.1 Å². The van der Waals surface area contributed by atoms with Crippen molar-refractivity contribution in [1.29, 1.82) is 0 Å². The van der Waals surface area contributed by atoms with Crippen LogP contribution in [0.15, 0.2) is 65.6 Å². The van der Waals surface area contributed by atoms with Crippen LogP contribution in [0.1, 0.15) is 15.9 Å². The van der Waals surface area contributed by atoms with Crippen LogP contribution >= 0.6 is 0 Å². The molecule has 3 rings (SSSR count). The summed E-state index contributed by atoms with van der Waals surface area (Å²) in [6.45, 7) is 1.95.